The third-order valence-electron chi connectivity index (χ3n) is 5.00. The van der Waals surface area contributed by atoms with E-state index in [0.29, 0.717) is 33.7 Å². The van der Waals surface area contributed by atoms with Crippen LogP contribution in [-0.2, 0) is 0 Å². The summed E-state index contributed by atoms with van der Waals surface area (Å²) < 4.78 is 11.9. The van der Waals surface area contributed by atoms with E-state index in [4.69, 9.17) is 15.2 Å². The average Bonchev–Trinajstić information content (AvgIpc) is 3.10. The summed E-state index contributed by atoms with van der Waals surface area (Å²) in [4.78, 5) is 26.3. The molecule has 0 saturated heterocycles. The number of ether oxygens (including phenoxy) is 2. The fourth-order valence-corrected chi connectivity index (χ4v) is 3.53. The van der Waals surface area contributed by atoms with Crippen LogP contribution in [0.15, 0.2) is 72.8 Å². The van der Waals surface area contributed by atoms with E-state index in [-0.39, 0.29) is 17.3 Å². The van der Waals surface area contributed by atoms with Gasteiger partial charge in [-0.05, 0) is 30.3 Å². The predicted molar refractivity (Wildman–Crippen MR) is 120 cm³/mol. The second kappa shape index (κ2) is 8.23. The van der Waals surface area contributed by atoms with Gasteiger partial charge in [-0.15, -0.1) is 0 Å². The van der Waals surface area contributed by atoms with Crippen molar-refractivity contribution in [2.45, 2.75) is 0 Å². The number of fused-ring (bicyclic) bond motifs is 1. The van der Waals surface area contributed by atoms with E-state index < -0.39 is 5.91 Å². The molecule has 3 N–H and O–H groups in total. The number of rotatable bonds is 5. The molecule has 0 saturated carbocycles. The van der Waals surface area contributed by atoms with E-state index in [1.807, 2.05) is 6.07 Å². The maximum absolute atomic E-state index is 13.2. The van der Waals surface area contributed by atoms with Crippen LogP contribution in [0.25, 0.3) is 10.9 Å². The lowest BCUT2D eigenvalue weighted by molar-refractivity contribution is 0.0967. The van der Waals surface area contributed by atoms with E-state index in [1.54, 1.807) is 66.7 Å². The van der Waals surface area contributed by atoms with Crippen molar-refractivity contribution in [3.8, 4) is 11.5 Å². The van der Waals surface area contributed by atoms with Gasteiger partial charge < -0.3 is 20.5 Å². The Morgan fingerprint density at radius 2 is 1.55 bits per heavy atom. The Balaban J connectivity index is 1.77. The lowest BCUT2D eigenvalue weighted by atomic mass is 10.1. The number of nitrogens with one attached hydrogen (secondary N) is 1. The van der Waals surface area contributed by atoms with Crippen LogP contribution in [-0.4, -0.2) is 30.6 Å². The van der Waals surface area contributed by atoms with Crippen molar-refractivity contribution in [2.75, 3.05) is 25.3 Å². The van der Waals surface area contributed by atoms with Crippen LogP contribution < -0.4 is 20.5 Å². The molecular formula is C24H21N3O4. The summed E-state index contributed by atoms with van der Waals surface area (Å²) in [5.41, 5.74) is 8.12. The number of methoxy groups -OCH3 is 2. The highest BCUT2D eigenvalue weighted by Crippen LogP contribution is 2.32. The third kappa shape index (κ3) is 3.57. The van der Waals surface area contributed by atoms with Gasteiger partial charge in [-0.3, -0.25) is 14.2 Å². The van der Waals surface area contributed by atoms with Crippen molar-refractivity contribution in [1.29, 1.82) is 0 Å². The van der Waals surface area contributed by atoms with Gasteiger partial charge in [0.2, 0.25) is 0 Å². The average molecular weight is 415 g/mol. The molecule has 3 aromatic carbocycles. The zero-order chi connectivity index (χ0) is 22.0. The topological polar surface area (TPSA) is 95.6 Å². The number of aromatic nitrogens is 1. The largest absolute Gasteiger partial charge is 0.493 e. The van der Waals surface area contributed by atoms with Crippen molar-refractivity contribution in [1.82, 2.24) is 4.57 Å². The molecule has 31 heavy (non-hydrogen) atoms. The Hall–Kier alpha value is -4.26. The van der Waals surface area contributed by atoms with E-state index in [2.05, 4.69) is 5.32 Å². The molecule has 1 aromatic heterocycles. The summed E-state index contributed by atoms with van der Waals surface area (Å²) in [6, 6.07) is 21.0. The standard InChI is InChI=1S/C24H21N3O4/c1-30-19-13-12-16(14-20(19)31-2)26-23(28)21-17-10-6-7-11-18(17)27(22(21)25)24(29)15-8-4-3-5-9-15/h3-14H,25H2,1-2H3,(H,26,28). The van der Waals surface area contributed by atoms with Gasteiger partial charge in [0.25, 0.3) is 11.8 Å². The second-order valence-electron chi connectivity index (χ2n) is 6.81. The van der Waals surface area contributed by atoms with Crippen molar-refractivity contribution in [3.05, 3.63) is 83.9 Å². The lowest BCUT2D eigenvalue weighted by Gasteiger charge is -2.11. The number of amides is 1. The molecule has 1 amide bonds. The monoisotopic (exact) mass is 415 g/mol. The van der Waals surface area contributed by atoms with Gasteiger partial charge in [0, 0.05) is 22.7 Å². The number of para-hydroxylation sites is 1. The van der Waals surface area contributed by atoms with Crippen molar-refractivity contribution < 1.29 is 19.1 Å². The molecule has 0 fully saturated rings. The summed E-state index contributed by atoms with van der Waals surface area (Å²) in [7, 11) is 3.06. The number of hydrogen-bond acceptors (Lipinski definition) is 5. The van der Waals surface area contributed by atoms with Crippen molar-refractivity contribution in [2.24, 2.45) is 0 Å². The molecule has 0 atom stereocenters. The Morgan fingerprint density at radius 3 is 2.26 bits per heavy atom. The number of benzene rings is 3. The van der Waals surface area contributed by atoms with Crippen LogP contribution in [0.1, 0.15) is 20.7 Å². The smallest absolute Gasteiger partial charge is 0.263 e. The Bertz CT molecular complexity index is 1280. The molecule has 0 unspecified atom stereocenters. The minimum absolute atomic E-state index is 0.0769. The first kappa shape index (κ1) is 20.0. The molecular weight excluding hydrogens is 394 g/mol. The van der Waals surface area contributed by atoms with E-state index >= 15 is 0 Å². The maximum atomic E-state index is 13.2. The number of hydrogen-bond donors (Lipinski definition) is 2. The number of nitrogen functional groups attached to an aromatic ring is 1. The second-order valence-corrected chi connectivity index (χ2v) is 6.81. The fraction of sp³-hybridized carbons (Fsp3) is 0.0833. The van der Waals surface area contributed by atoms with E-state index in [1.165, 1.54) is 18.8 Å². The molecule has 0 aliphatic rings. The molecule has 0 aliphatic heterocycles. The van der Waals surface area contributed by atoms with Crippen LogP contribution in [0.3, 0.4) is 0 Å². The summed E-state index contributed by atoms with van der Waals surface area (Å²) in [5, 5.41) is 3.42. The molecule has 4 rings (SSSR count). The third-order valence-corrected chi connectivity index (χ3v) is 5.00. The quantitative estimate of drug-likeness (QED) is 0.510. The van der Waals surface area contributed by atoms with Crippen LogP contribution in [0.2, 0.25) is 0 Å². The number of carbonyl (C=O) groups excluding carboxylic acids is 2. The van der Waals surface area contributed by atoms with Gasteiger partial charge in [-0.2, -0.15) is 0 Å². The Kier molecular flexibility index (Phi) is 5.32. The van der Waals surface area contributed by atoms with Gasteiger partial charge >= 0.3 is 0 Å². The molecule has 0 aliphatic carbocycles. The summed E-state index contributed by atoms with van der Waals surface area (Å²) in [6.45, 7) is 0. The summed E-state index contributed by atoms with van der Waals surface area (Å²) in [5.74, 6) is 0.369. The van der Waals surface area contributed by atoms with Crippen LogP contribution in [0.5, 0.6) is 11.5 Å². The highest BCUT2D eigenvalue weighted by molar-refractivity contribution is 6.20. The molecule has 0 bridgehead atoms. The molecule has 156 valence electrons. The zero-order valence-corrected chi connectivity index (χ0v) is 17.1. The molecule has 1 heterocycles. The van der Waals surface area contributed by atoms with E-state index in [0.717, 1.165) is 0 Å². The predicted octanol–water partition coefficient (Wildman–Crippen LogP) is 4.18. The number of carbonyl (C=O) groups is 2. The van der Waals surface area contributed by atoms with Gasteiger partial charge in [-0.1, -0.05) is 36.4 Å². The highest BCUT2D eigenvalue weighted by atomic mass is 16.5. The summed E-state index contributed by atoms with van der Waals surface area (Å²) >= 11 is 0. The van der Waals surface area contributed by atoms with Gasteiger partial charge in [-0.25, -0.2) is 0 Å². The number of nitrogens with zero attached hydrogens (tertiary/aromatic N) is 1. The first-order chi connectivity index (χ1) is 15.0. The fourth-order valence-electron chi connectivity index (χ4n) is 3.53. The molecule has 7 heteroatoms. The van der Waals surface area contributed by atoms with Crippen molar-refractivity contribution >= 4 is 34.2 Å². The minimum atomic E-state index is -0.430. The zero-order valence-electron chi connectivity index (χ0n) is 17.1. The van der Waals surface area contributed by atoms with Crippen LogP contribution in [0.4, 0.5) is 11.5 Å². The van der Waals surface area contributed by atoms with E-state index in [9.17, 15) is 9.59 Å². The Morgan fingerprint density at radius 1 is 0.871 bits per heavy atom. The lowest BCUT2D eigenvalue weighted by Crippen LogP contribution is -2.18. The van der Waals surface area contributed by atoms with Crippen LogP contribution >= 0.6 is 0 Å². The first-order valence-corrected chi connectivity index (χ1v) is 9.57. The van der Waals surface area contributed by atoms with Crippen molar-refractivity contribution in [3.63, 3.8) is 0 Å². The SMILES string of the molecule is COc1ccc(NC(=O)c2c(N)n(C(=O)c3ccccc3)c3ccccc23)cc1OC. The molecule has 0 radical (unpaired) electrons. The summed E-state index contributed by atoms with van der Waals surface area (Å²) in [6.07, 6.45) is 0. The van der Waals surface area contributed by atoms with Crippen LogP contribution in [0, 0.1) is 0 Å². The number of anilines is 2. The molecule has 4 aromatic rings. The normalized spacial score (nSPS) is 10.6. The minimum Gasteiger partial charge on any atom is -0.493 e. The highest BCUT2D eigenvalue weighted by Gasteiger charge is 2.24. The van der Waals surface area contributed by atoms with Gasteiger partial charge in [0.15, 0.2) is 11.5 Å². The molecule has 0 spiro atoms. The number of nitrogens with two attached hydrogens (primary N) is 1. The Labute approximate surface area is 179 Å². The van der Waals surface area contributed by atoms with Gasteiger partial charge in [0.05, 0.1) is 25.3 Å². The first-order valence-electron chi connectivity index (χ1n) is 9.57. The van der Waals surface area contributed by atoms with Gasteiger partial charge in [0.1, 0.15) is 5.82 Å². The molecule has 7 nitrogen and oxygen atoms in total. The maximum Gasteiger partial charge on any atom is 0.263 e.